The summed E-state index contributed by atoms with van der Waals surface area (Å²) in [5.74, 6) is 0.931. The van der Waals surface area contributed by atoms with Crippen LogP contribution >= 0.6 is 11.8 Å². The van der Waals surface area contributed by atoms with E-state index in [4.69, 9.17) is 23.7 Å². The lowest BCUT2D eigenvalue weighted by atomic mass is 9.71. The summed E-state index contributed by atoms with van der Waals surface area (Å²) in [6.45, 7) is 9.86. The first-order valence-electron chi connectivity index (χ1n) is 19.5. The fourth-order valence-electron chi connectivity index (χ4n) is 10.9. The predicted octanol–water partition coefficient (Wildman–Crippen LogP) is 5.02. The molecule has 0 radical (unpaired) electrons. The molecule has 0 aliphatic carbocycles. The summed E-state index contributed by atoms with van der Waals surface area (Å²) < 4.78 is 30.8. The van der Waals surface area contributed by atoms with Gasteiger partial charge in [-0.2, -0.15) is 5.26 Å². The summed E-state index contributed by atoms with van der Waals surface area (Å²) in [5, 5.41) is 37.8. The number of H-pyrrole nitrogens is 1. The number of aromatic hydroxyl groups is 2. The van der Waals surface area contributed by atoms with Gasteiger partial charge in [0.2, 0.25) is 6.79 Å². The number of hydrogen-bond donors (Lipinski definition) is 4. The molecule has 0 saturated carbocycles. The third-order valence-electron chi connectivity index (χ3n) is 13.0. The van der Waals surface area contributed by atoms with E-state index < -0.39 is 46.9 Å². The van der Waals surface area contributed by atoms with Gasteiger partial charge < -0.3 is 38.9 Å². The quantitative estimate of drug-likeness (QED) is 0.123. The van der Waals surface area contributed by atoms with Crippen molar-refractivity contribution >= 4 is 34.6 Å². The van der Waals surface area contributed by atoms with Crippen LogP contribution in [0.15, 0.2) is 36.9 Å². The number of aromatic nitrogens is 1. The number of carbonyl (C=O) groups excluding carboxylic acids is 2. The molecule has 4 N–H and O–H groups in total. The Hall–Kier alpha value is -5.40. The number of carbonyl (C=O) groups is 2. The van der Waals surface area contributed by atoms with Gasteiger partial charge in [-0.1, -0.05) is 12.1 Å². The molecule has 4 bridgehead atoms. The van der Waals surface area contributed by atoms with Crippen LogP contribution in [0.5, 0.6) is 34.5 Å². The first-order valence-corrected chi connectivity index (χ1v) is 20.5. The topological polar surface area (TPSA) is 179 Å². The Morgan fingerprint density at radius 1 is 1.16 bits per heavy atom. The summed E-state index contributed by atoms with van der Waals surface area (Å²) in [6, 6.07) is 6.96. The molecule has 1 spiro atoms. The number of aryl methyl sites for hydroxylation is 1. The van der Waals surface area contributed by atoms with Gasteiger partial charge in [0.25, 0.3) is 0 Å². The van der Waals surface area contributed by atoms with Crippen LogP contribution in [0, 0.1) is 25.2 Å². The number of rotatable bonds is 4. The number of phenolic OH excluding ortho intramolecular Hbond substituents is 2. The fraction of sp³-hybridized carbons (Fsp3) is 0.419. The summed E-state index contributed by atoms with van der Waals surface area (Å²) in [4.78, 5) is 35.9. The van der Waals surface area contributed by atoms with Gasteiger partial charge in [0.15, 0.2) is 28.5 Å². The molecule has 11 rings (SSSR count). The fourth-order valence-corrected chi connectivity index (χ4v) is 12.6. The molecule has 4 aromatic rings. The average molecular weight is 806 g/mol. The minimum absolute atomic E-state index is 0.0356. The van der Waals surface area contributed by atoms with E-state index in [1.165, 1.54) is 18.7 Å². The van der Waals surface area contributed by atoms with Gasteiger partial charge in [0.1, 0.15) is 24.1 Å². The predicted molar refractivity (Wildman–Crippen MR) is 212 cm³/mol. The molecule has 58 heavy (non-hydrogen) atoms. The van der Waals surface area contributed by atoms with Crippen molar-refractivity contribution in [1.29, 1.82) is 5.26 Å². The highest BCUT2D eigenvalue weighted by Crippen LogP contribution is 2.65. The molecule has 14 nitrogen and oxygen atoms in total. The Balaban J connectivity index is 1.26. The van der Waals surface area contributed by atoms with Gasteiger partial charge in [0.05, 0.1) is 36.2 Å². The number of ether oxygens (including phenoxy) is 5. The SMILES string of the molecule is C=CCN1[C@H]2c3c(cc(C)c(OC)c3O)C[C@H]1[C@H](C#N)N1C2[C@@H]2SC[C@]3(NCCc4c3[nH]c3ccc(O)cc43)C(=O)OC[C@@H]1c1c3c(c(C)c(OC(C)=O)c12)OCO3. The number of aromatic amines is 1. The maximum absolute atomic E-state index is 14.9. The second kappa shape index (κ2) is 13.3. The van der Waals surface area contributed by atoms with E-state index >= 15 is 0 Å². The van der Waals surface area contributed by atoms with Gasteiger partial charge in [-0.05, 0) is 61.6 Å². The molecule has 7 aliphatic rings. The van der Waals surface area contributed by atoms with Crippen molar-refractivity contribution in [3.05, 3.63) is 81.6 Å². The van der Waals surface area contributed by atoms with Crippen molar-refractivity contribution in [2.24, 2.45) is 0 Å². The number of esters is 2. The van der Waals surface area contributed by atoms with Crippen LogP contribution in [0.1, 0.15) is 68.9 Å². The Bertz CT molecular complexity index is 2510. The number of benzene rings is 3. The van der Waals surface area contributed by atoms with Crippen LogP contribution in [0.4, 0.5) is 0 Å². The van der Waals surface area contributed by atoms with Crippen LogP contribution in [-0.4, -0.2) is 94.4 Å². The van der Waals surface area contributed by atoms with Gasteiger partial charge in [-0.15, -0.1) is 18.3 Å². The van der Waals surface area contributed by atoms with Crippen LogP contribution < -0.4 is 24.3 Å². The number of hydrogen-bond acceptors (Lipinski definition) is 14. The van der Waals surface area contributed by atoms with Crippen LogP contribution in [-0.2, 0) is 32.7 Å². The maximum Gasteiger partial charge on any atom is 0.333 e. The van der Waals surface area contributed by atoms with Crippen molar-refractivity contribution in [2.75, 3.05) is 39.4 Å². The summed E-state index contributed by atoms with van der Waals surface area (Å²) >= 11 is 1.50. The minimum atomic E-state index is -1.35. The van der Waals surface area contributed by atoms with E-state index in [2.05, 4.69) is 32.7 Å². The summed E-state index contributed by atoms with van der Waals surface area (Å²) in [5.41, 5.74) is 5.36. The normalized spacial score (nSPS) is 28.2. The molecule has 15 heteroatoms. The molecule has 0 amide bonds. The molecule has 1 aromatic heterocycles. The summed E-state index contributed by atoms with van der Waals surface area (Å²) in [6.07, 6.45) is 2.90. The lowest BCUT2D eigenvalue weighted by Crippen LogP contribution is -2.70. The highest BCUT2D eigenvalue weighted by Gasteiger charge is 2.62. The number of nitrogens with zero attached hydrogens (tertiary/aromatic N) is 3. The van der Waals surface area contributed by atoms with Gasteiger partial charge >= 0.3 is 11.9 Å². The van der Waals surface area contributed by atoms with E-state index in [9.17, 15) is 25.1 Å². The number of phenols is 2. The zero-order valence-electron chi connectivity index (χ0n) is 32.5. The van der Waals surface area contributed by atoms with Crippen molar-refractivity contribution in [1.82, 2.24) is 20.1 Å². The number of piperazine rings is 1. The number of fused-ring (bicyclic) bond motifs is 11. The molecular formula is C43H43N5O9S. The molecule has 1 unspecified atom stereocenters. The van der Waals surface area contributed by atoms with E-state index in [1.54, 1.807) is 25.3 Å². The summed E-state index contributed by atoms with van der Waals surface area (Å²) in [7, 11) is 1.54. The van der Waals surface area contributed by atoms with E-state index in [-0.39, 0.29) is 36.7 Å². The van der Waals surface area contributed by atoms with Crippen molar-refractivity contribution in [3.8, 4) is 40.6 Å². The van der Waals surface area contributed by atoms with Crippen LogP contribution in [0.2, 0.25) is 0 Å². The van der Waals surface area contributed by atoms with Gasteiger partial charge in [0, 0.05) is 71.0 Å². The van der Waals surface area contributed by atoms with Crippen molar-refractivity contribution in [2.45, 2.75) is 74.6 Å². The third kappa shape index (κ3) is 4.95. The second-order valence-corrected chi connectivity index (χ2v) is 17.1. The van der Waals surface area contributed by atoms with Crippen molar-refractivity contribution in [3.63, 3.8) is 0 Å². The smallest absolute Gasteiger partial charge is 0.333 e. The molecule has 7 atom stereocenters. The Morgan fingerprint density at radius 2 is 1.97 bits per heavy atom. The Labute approximate surface area is 338 Å². The van der Waals surface area contributed by atoms with Gasteiger partial charge in [-0.3, -0.25) is 19.9 Å². The number of thioether (sulfide) groups is 1. The Kier molecular flexibility index (Phi) is 8.47. The second-order valence-electron chi connectivity index (χ2n) is 15.9. The zero-order valence-corrected chi connectivity index (χ0v) is 33.3. The molecule has 8 heterocycles. The Morgan fingerprint density at radius 3 is 2.72 bits per heavy atom. The van der Waals surface area contributed by atoms with E-state index in [0.717, 1.165) is 27.6 Å². The highest BCUT2D eigenvalue weighted by molar-refractivity contribution is 7.99. The largest absolute Gasteiger partial charge is 0.508 e. The van der Waals surface area contributed by atoms with Crippen molar-refractivity contribution < 1.29 is 43.5 Å². The molecule has 7 aliphatic heterocycles. The standard InChI is InChI=1S/C43H43N5O9S/c1-6-11-47-27-13-22-12-19(2)36(53-5)35(51)30(22)33(47)34-40-32-31(39-38(55-18-56-39)20(3)37(32)57-21(4)49)29(48(34)28(27)15-44)16-54-42(52)43(17-58-40)41-24(9-10-45-43)25-14-23(50)7-8-26(25)46-41/h6-8,12,14,27-29,33-34,40,45-46,50-51H,1,9-11,13,16-18H2,2-5H3/t27-,28-,29+,33-,34?,40+,43+/m0/s1. The van der Waals surface area contributed by atoms with E-state index in [1.807, 2.05) is 26.0 Å². The number of nitriles is 1. The monoisotopic (exact) mass is 805 g/mol. The molecular weight excluding hydrogens is 763 g/mol. The molecule has 3 aromatic carbocycles. The number of nitrogens with one attached hydrogen (secondary N) is 2. The molecule has 300 valence electrons. The number of methoxy groups -OCH3 is 1. The average Bonchev–Trinajstić information content (AvgIpc) is 3.84. The molecule has 2 saturated heterocycles. The van der Waals surface area contributed by atoms with E-state index in [0.29, 0.717) is 76.9 Å². The third-order valence-corrected chi connectivity index (χ3v) is 14.5. The van der Waals surface area contributed by atoms with Crippen LogP contribution in [0.25, 0.3) is 10.9 Å². The molecule has 2 fully saturated rings. The minimum Gasteiger partial charge on any atom is -0.508 e. The first-order chi connectivity index (χ1) is 28.0. The highest BCUT2D eigenvalue weighted by atomic mass is 32.2. The maximum atomic E-state index is 14.9. The first kappa shape index (κ1) is 36.9. The van der Waals surface area contributed by atoms with Crippen LogP contribution in [0.3, 0.4) is 0 Å². The lowest BCUT2D eigenvalue weighted by molar-refractivity contribution is -0.157. The zero-order chi connectivity index (χ0) is 40.4. The lowest BCUT2D eigenvalue weighted by Gasteiger charge is -2.62. The van der Waals surface area contributed by atoms with Gasteiger partial charge in [-0.25, -0.2) is 4.79 Å².